The van der Waals surface area contributed by atoms with Crippen molar-refractivity contribution in [1.82, 2.24) is 9.97 Å². The Morgan fingerprint density at radius 1 is 1.39 bits per heavy atom. The summed E-state index contributed by atoms with van der Waals surface area (Å²) in [4.78, 5) is 19.8. The fourth-order valence-corrected chi connectivity index (χ4v) is 2.08. The number of aryl methyl sites for hydroxylation is 1. The number of nitrogens with zero attached hydrogens (tertiary/aromatic N) is 2. The molecule has 0 aliphatic heterocycles. The van der Waals surface area contributed by atoms with Crippen LogP contribution in [0.3, 0.4) is 0 Å². The van der Waals surface area contributed by atoms with Crippen molar-refractivity contribution in [2.75, 3.05) is 6.61 Å². The van der Waals surface area contributed by atoms with Gasteiger partial charge in [-0.2, -0.15) is 0 Å². The summed E-state index contributed by atoms with van der Waals surface area (Å²) in [5.41, 5.74) is 2.37. The first-order valence-electron chi connectivity index (χ1n) is 5.69. The molecule has 0 radical (unpaired) electrons. The van der Waals surface area contributed by atoms with Crippen molar-refractivity contribution in [2.45, 2.75) is 20.3 Å². The maximum Gasteiger partial charge on any atom is 0.311 e. The fraction of sp³-hybridized carbons (Fsp3) is 0.308. The van der Waals surface area contributed by atoms with Crippen LogP contribution >= 0.6 is 11.6 Å². The minimum atomic E-state index is -0.309. The number of ether oxygens (including phenoxy) is 1. The van der Waals surface area contributed by atoms with Crippen molar-refractivity contribution >= 4 is 28.5 Å². The summed E-state index contributed by atoms with van der Waals surface area (Å²) in [5, 5.41) is 1.02. The summed E-state index contributed by atoms with van der Waals surface area (Å²) in [6.45, 7) is 4.08. The number of esters is 1. The van der Waals surface area contributed by atoms with Gasteiger partial charge in [-0.15, -0.1) is 0 Å². The van der Waals surface area contributed by atoms with Gasteiger partial charge in [0.05, 0.1) is 24.2 Å². The van der Waals surface area contributed by atoms with Gasteiger partial charge < -0.3 is 4.74 Å². The molecule has 2 rings (SSSR count). The van der Waals surface area contributed by atoms with Gasteiger partial charge in [-0.25, -0.2) is 9.97 Å². The van der Waals surface area contributed by atoms with E-state index in [0.29, 0.717) is 12.3 Å². The monoisotopic (exact) mass is 264 g/mol. The number of hydrogen-bond acceptors (Lipinski definition) is 4. The summed E-state index contributed by atoms with van der Waals surface area (Å²) in [6.07, 6.45) is 0.109. The van der Waals surface area contributed by atoms with Crippen LogP contribution in [-0.4, -0.2) is 22.5 Å². The minimum Gasteiger partial charge on any atom is -0.466 e. The van der Waals surface area contributed by atoms with Crippen LogP contribution in [0, 0.1) is 6.92 Å². The van der Waals surface area contributed by atoms with Crippen molar-refractivity contribution < 1.29 is 9.53 Å². The molecule has 1 aromatic heterocycles. The predicted octanol–water partition coefficient (Wildman–Crippen LogP) is 2.70. The van der Waals surface area contributed by atoms with Gasteiger partial charge in [0.25, 0.3) is 0 Å². The van der Waals surface area contributed by atoms with Crippen LogP contribution in [0.25, 0.3) is 10.9 Å². The van der Waals surface area contributed by atoms with Gasteiger partial charge in [0.15, 0.2) is 0 Å². The van der Waals surface area contributed by atoms with Crippen molar-refractivity contribution in [3.05, 3.63) is 34.7 Å². The first kappa shape index (κ1) is 12.8. The molecule has 18 heavy (non-hydrogen) atoms. The molecular formula is C13H13ClN2O2. The lowest BCUT2D eigenvalue weighted by atomic mass is 10.1. The lowest BCUT2D eigenvalue weighted by Gasteiger charge is -2.08. The van der Waals surface area contributed by atoms with Crippen LogP contribution in [0.15, 0.2) is 18.2 Å². The van der Waals surface area contributed by atoms with E-state index in [1.807, 2.05) is 25.1 Å². The van der Waals surface area contributed by atoms with Crippen molar-refractivity contribution in [3.8, 4) is 0 Å². The zero-order chi connectivity index (χ0) is 13.1. The minimum absolute atomic E-state index is 0.109. The highest BCUT2D eigenvalue weighted by molar-refractivity contribution is 6.28. The van der Waals surface area contributed by atoms with E-state index in [1.165, 1.54) is 0 Å². The first-order valence-corrected chi connectivity index (χ1v) is 6.07. The van der Waals surface area contributed by atoms with E-state index in [2.05, 4.69) is 9.97 Å². The molecule has 94 valence electrons. The van der Waals surface area contributed by atoms with Crippen molar-refractivity contribution in [3.63, 3.8) is 0 Å². The molecule has 0 spiro atoms. The molecule has 0 aliphatic carbocycles. The van der Waals surface area contributed by atoms with E-state index in [0.717, 1.165) is 16.5 Å². The number of carbonyl (C=O) groups excluding carboxylic acids is 1. The maximum absolute atomic E-state index is 11.6. The third-order valence-electron chi connectivity index (χ3n) is 2.60. The Morgan fingerprint density at radius 2 is 2.17 bits per heavy atom. The van der Waals surface area contributed by atoms with E-state index >= 15 is 0 Å². The molecule has 0 fully saturated rings. The lowest BCUT2D eigenvalue weighted by Crippen LogP contribution is -2.10. The van der Waals surface area contributed by atoms with Gasteiger partial charge in [0, 0.05) is 5.39 Å². The second-order valence-corrected chi connectivity index (χ2v) is 4.23. The summed E-state index contributed by atoms with van der Waals surface area (Å²) in [5.74, 6) is -0.309. The highest BCUT2D eigenvalue weighted by Gasteiger charge is 2.13. The van der Waals surface area contributed by atoms with Gasteiger partial charge in [-0.05, 0) is 37.1 Å². The number of hydrogen-bond donors (Lipinski definition) is 0. The summed E-state index contributed by atoms with van der Waals surface area (Å²) >= 11 is 5.86. The number of carbonyl (C=O) groups is 1. The van der Waals surface area contributed by atoms with E-state index in [-0.39, 0.29) is 17.7 Å². The average Bonchev–Trinajstić information content (AvgIpc) is 2.28. The summed E-state index contributed by atoms with van der Waals surface area (Å²) in [6, 6.07) is 5.70. The number of benzene rings is 1. The molecule has 0 unspecified atom stereocenters. The second-order valence-electron chi connectivity index (χ2n) is 3.89. The zero-order valence-corrected chi connectivity index (χ0v) is 11.0. The van der Waals surface area contributed by atoms with E-state index in [4.69, 9.17) is 16.3 Å². The quantitative estimate of drug-likeness (QED) is 0.632. The van der Waals surface area contributed by atoms with Crippen molar-refractivity contribution in [2.24, 2.45) is 0 Å². The third-order valence-corrected chi connectivity index (χ3v) is 2.77. The number of halogens is 1. The summed E-state index contributed by atoms with van der Waals surface area (Å²) in [7, 11) is 0. The van der Waals surface area contributed by atoms with Gasteiger partial charge in [0.1, 0.15) is 0 Å². The van der Waals surface area contributed by atoms with E-state index in [1.54, 1.807) is 6.92 Å². The molecule has 2 aromatic rings. The Hall–Kier alpha value is -1.68. The van der Waals surface area contributed by atoms with Crippen LogP contribution in [0.1, 0.15) is 18.2 Å². The molecule has 0 saturated carbocycles. The largest absolute Gasteiger partial charge is 0.466 e. The molecule has 0 atom stereocenters. The predicted molar refractivity (Wildman–Crippen MR) is 69.6 cm³/mol. The lowest BCUT2D eigenvalue weighted by molar-refractivity contribution is -0.142. The average molecular weight is 265 g/mol. The molecule has 0 saturated heterocycles. The Bertz CT molecular complexity index is 599. The number of rotatable bonds is 3. The molecule has 1 heterocycles. The van der Waals surface area contributed by atoms with Crippen LogP contribution in [0.5, 0.6) is 0 Å². The Morgan fingerprint density at radius 3 is 2.89 bits per heavy atom. The first-order chi connectivity index (χ1) is 8.61. The van der Waals surface area contributed by atoms with Gasteiger partial charge in [0.2, 0.25) is 5.28 Å². The normalized spacial score (nSPS) is 10.6. The Kier molecular flexibility index (Phi) is 3.77. The molecular weight excluding hydrogens is 252 g/mol. The highest BCUT2D eigenvalue weighted by atomic mass is 35.5. The Balaban J connectivity index is 2.51. The molecule has 0 bridgehead atoms. The molecule has 1 aromatic carbocycles. The second kappa shape index (κ2) is 5.31. The maximum atomic E-state index is 11.6. The van der Waals surface area contributed by atoms with Crippen LogP contribution in [0.4, 0.5) is 0 Å². The third kappa shape index (κ3) is 2.59. The molecule has 0 amide bonds. The van der Waals surface area contributed by atoms with Crippen LogP contribution in [-0.2, 0) is 16.0 Å². The summed E-state index contributed by atoms with van der Waals surface area (Å²) < 4.78 is 4.93. The smallest absolute Gasteiger partial charge is 0.311 e. The van der Waals surface area contributed by atoms with Gasteiger partial charge >= 0.3 is 5.97 Å². The number of fused-ring (bicyclic) bond motifs is 1. The molecule has 5 heteroatoms. The zero-order valence-electron chi connectivity index (χ0n) is 10.2. The highest BCUT2D eigenvalue weighted by Crippen LogP contribution is 2.22. The number of aromatic nitrogens is 2. The topological polar surface area (TPSA) is 52.1 Å². The SMILES string of the molecule is CCOC(=O)Cc1nc(Cl)nc2cccc(C)c12. The van der Waals surface area contributed by atoms with E-state index < -0.39 is 0 Å². The fourth-order valence-electron chi connectivity index (χ4n) is 1.89. The molecule has 0 N–H and O–H groups in total. The molecule has 4 nitrogen and oxygen atoms in total. The molecule has 0 aliphatic rings. The van der Waals surface area contributed by atoms with Crippen LogP contribution in [0.2, 0.25) is 5.28 Å². The standard InChI is InChI=1S/C13H13ClN2O2/c1-3-18-11(17)7-10-12-8(2)5-4-6-9(12)15-13(14)16-10/h4-6H,3,7H2,1-2H3. The van der Waals surface area contributed by atoms with E-state index in [9.17, 15) is 4.79 Å². The van der Waals surface area contributed by atoms with Gasteiger partial charge in [-0.1, -0.05) is 12.1 Å². The van der Waals surface area contributed by atoms with Crippen molar-refractivity contribution in [1.29, 1.82) is 0 Å². The van der Waals surface area contributed by atoms with Gasteiger partial charge in [-0.3, -0.25) is 4.79 Å². The Labute approximate surface area is 110 Å². The van der Waals surface area contributed by atoms with Crippen LogP contribution < -0.4 is 0 Å².